The van der Waals surface area contributed by atoms with Crippen LogP contribution in [-0.2, 0) is 0 Å². The monoisotopic (exact) mass is 277 g/mol. The minimum atomic E-state index is -0.450. The highest BCUT2D eigenvalue weighted by molar-refractivity contribution is 5.26. The van der Waals surface area contributed by atoms with Crippen molar-refractivity contribution in [2.24, 2.45) is 11.3 Å². The van der Waals surface area contributed by atoms with E-state index < -0.39 is 6.10 Å². The lowest BCUT2D eigenvalue weighted by atomic mass is 9.66. The van der Waals surface area contributed by atoms with E-state index in [9.17, 15) is 5.11 Å². The molecule has 0 amide bonds. The Bertz CT molecular complexity index is 442. The SMILES string of the molecule is CC(C)Oc1cncc(C(O)C2CCCCC2(C)C)c1. The van der Waals surface area contributed by atoms with E-state index in [4.69, 9.17) is 4.74 Å². The summed E-state index contributed by atoms with van der Waals surface area (Å²) in [5, 5.41) is 10.7. The Morgan fingerprint density at radius 2 is 2.05 bits per heavy atom. The van der Waals surface area contributed by atoms with Crippen LogP contribution in [0.2, 0.25) is 0 Å². The van der Waals surface area contributed by atoms with Crippen molar-refractivity contribution >= 4 is 0 Å². The number of aliphatic hydroxyl groups is 1. The molecule has 2 atom stereocenters. The van der Waals surface area contributed by atoms with Gasteiger partial charge in [-0.25, -0.2) is 0 Å². The highest BCUT2D eigenvalue weighted by Crippen LogP contribution is 2.46. The van der Waals surface area contributed by atoms with Gasteiger partial charge in [-0.15, -0.1) is 0 Å². The zero-order valence-corrected chi connectivity index (χ0v) is 13.1. The molecule has 1 N–H and O–H groups in total. The van der Waals surface area contributed by atoms with E-state index in [1.165, 1.54) is 19.3 Å². The molecule has 1 saturated carbocycles. The maximum absolute atomic E-state index is 10.7. The lowest BCUT2D eigenvalue weighted by molar-refractivity contribution is 0.00350. The highest BCUT2D eigenvalue weighted by Gasteiger charge is 2.37. The fourth-order valence-corrected chi connectivity index (χ4v) is 3.27. The third-order valence-electron chi connectivity index (χ3n) is 4.42. The second-order valence-corrected chi connectivity index (χ2v) is 6.91. The number of aliphatic hydroxyl groups excluding tert-OH is 1. The van der Waals surface area contributed by atoms with E-state index in [1.54, 1.807) is 12.4 Å². The van der Waals surface area contributed by atoms with Gasteiger partial charge in [-0.1, -0.05) is 26.7 Å². The molecule has 3 heteroatoms. The molecule has 0 bridgehead atoms. The molecule has 20 heavy (non-hydrogen) atoms. The molecule has 1 aromatic heterocycles. The smallest absolute Gasteiger partial charge is 0.138 e. The summed E-state index contributed by atoms with van der Waals surface area (Å²) in [4.78, 5) is 4.22. The lowest BCUT2D eigenvalue weighted by Gasteiger charge is -2.41. The molecule has 2 rings (SSSR count). The Balaban J connectivity index is 2.17. The molecule has 1 aliphatic carbocycles. The van der Waals surface area contributed by atoms with Crippen LogP contribution in [-0.4, -0.2) is 16.2 Å². The Morgan fingerprint density at radius 1 is 1.30 bits per heavy atom. The first-order chi connectivity index (χ1) is 9.40. The molecule has 1 fully saturated rings. The summed E-state index contributed by atoms with van der Waals surface area (Å²) in [6.07, 6.45) is 7.90. The van der Waals surface area contributed by atoms with Gasteiger partial charge in [0.25, 0.3) is 0 Å². The first-order valence-electron chi connectivity index (χ1n) is 7.70. The number of hydrogen-bond donors (Lipinski definition) is 1. The van der Waals surface area contributed by atoms with Crippen molar-refractivity contribution in [3.05, 3.63) is 24.0 Å². The van der Waals surface area contributed by atoms with Gasteiger partial charge in [0.1, 0.15) is 5.75 Å². The van der Waals surface area contributed by atoms with E-state index in [1.807, 2.05) is 19.9 Å². The molecule has 1 heterocycles. The number of rotatable bonds is 4. The van der Waals surface area contributed by atoms with Crippen molar-refractivity contribution in [3.8, 4) is 5.75 Å². The van der Waals surface area contributed by atoms with Crippen molar-refractivity contribution in [3.63, 3.8) is 0 Å². The van der Waals surface area contributed by atoms with Crippen molar-refractivity contribution in [2.75, 3.05) is 0 Å². The molecule has 112 valence electrons. The van der Waals surface area contributed by atoms with Crippen molar-refractivity contribution in [1.29, 1.82) is 0 Å². The zero-order valence-electron chi connectivity index (χ0n) is 13.1. The third kappa shape index (κ3) is 3.51. The Kier molecular flexibility index (Phi) is 4.69. The number of pyridine rings is 1. The van der Waals surface area contributed by atoms with E-state index in [0.717, 1.165) is 17.7 Å². The summed E-state index contributed by atoms with van der Waals surface area (Å²) in [5.74, 6) is 1.04. The second-order valence-electron chi connectivity index (χ2n) is 6.91. The molecule has 0 radical (unpaired) electrons. The van der Waals surface area contributed by atoms with Crippen LogP contribution in [0.15, 0.2) is 18.5 Å². The number of nitrogens with zero attached hydrogens (tertiary/aromatic N) is 1. The maximum atomic E-state index is 10.7. The molecular weight excluding hydrogens is 250 g/mol. The van der Waals surface area contributed by atoms with Gasteiger partial charge in [-0.2, -0.15) is 0 Å². The summed E-state index contributed by atoms with van der Waals surface area (Å²) >= 11 is 0. The minimum Gasteiger partial charge on any atom is -0.489 e. The Labute approximate surface area is 122 Å². The maximum Gasteiger partial charge on any atom is 0.138 e. The van der Waals surface area contributed by atoms with Gasteiger partial charge in [-0.05, 0) is 44.1 Å². The van der Waals surface area contributed by atoms with Crippen LogP contribution in [0.25, 0.3) is 0 Å². The standard InChI is InChI=1S/C17H27NO2/c1-12(2)20-14-9-13(10-18-11-14)16(19)15-7-5-6-8-17(15,3)4/h9-12,15-16,19H,5-8H2,1-4H3. The number of hydrogen-bond acceptors (Lipinski definition) is 3. The fourth-order valence-electron chi connectivity index (χ4n) is 3.27. The molecule has 0 aromatic carbocycles. The average molecular weight is 277 g/mol. The van der Waals surface area contributed by atoms with Crippen LogP contribution < -0.4 is 4.74 Å². The fraction of sp³-hybridized carbons (Fsp3) is 0.706. The first-order valence-corrected chi connectivity index (χ1v) is 7.70. The van der Waals surface area contributed by atoms with Crippen LogP contribution in [0.3, 0.4) is 0 Å². The Hall–Kier alpha value is -1.09. The van der Waals surface area contributed by atoms with Gasteiger partial charge < -0.3 is 9.84 Å². The van der Waals surface area contributed by atoms with Gasteiger partial charge in [0.15, 0.2) is 0 Å². The third-order valence-corrected chi connectivity index (χ3v) is 4.42. The van der Waals surface area contributed by atoms with Gasteiger partial charge in [0.05, 0.1) is 18.4 Å². The van der Waals surface area contributed by atoms with Gasteiger partial charge in [0.2, 0.25) is 0 Å². The number of aromatic nitrogens is 1. The van der Waals surface area contributed by atoms with Gasteiger partial charge in [-0.3, -0.25) is 4.98 Å². The van der Waals surface area contributed by atoms with E-state index >= 15 is 0 Å². The summed E-state index contributed by atoms with van der Waals surface area (Å²) in [7, 11) is 0. The number of ether oxygens (including phenoxy) is 1. The largest absolute Gasteiger partial charge is 0.489 e. The molecule has 0 saturated heterocycles. The van der Waals surface area contributed by atoms with Crippen molar-refractivity contribution in [1.82, 2.24) is 4.98 Å². The van der Waals surface area contributed by atoms with Crippen LogP contribution >= 0.6 is 0 Å². The lowest BCUT2D eigenvalue weighted by Crippen LogP contribution is -2.32. The van der Waals surface area contributed by atoms with Crippen LogP contribution in [0.1, 0.15) is 65.0 Å². The molecule has 3 nitrogen and oxygen atoms in total. The average Bonchev–Trinajstić information content (AvgIpc) is 2.37. The normalized spacial score (nSPS) is 23.6. The second kappa shape index (κ2) is 6.13. The van der Waals surface area contributed by atoms with Crippen molar-refractivity contribution in [2.45, 2.75) is 65.6 Å². The van der Waals surface area contributed by atoms with Crippen LogP contribution in [0, 0.1) is 11.3 Å². The highest BCUT2D eigenvalue weighted by atomic mass is 16.5. The molecule has 0 spiro atoms. The molecule has 1 aromatic rings. The topological polar surface area (TPSA) is 42.4 Å². The van der Waals surface area contributed by atoms with Crippen molar-refractivity contribution < 1.29 is 9.84 Å². The summed E-state index contributed by atoms with van der Waals surface area (Å²) in [6.45, 7) is 8.52. The Morgan fingerprint density at radius 3 is 2.70 bits per heavy atom. The van der Waals surface area contributed by atoms with E-state index in [2.05, 4.69) is 18.8 Å². The van der Waals surface area contributed by atoms with Crippen LogP contribution in [0.5, 0.6) is 5.75 Å². The summed E-state index contributed by atoms with van der Waals surface area (Å²) in [6, 6.07) is 1.93. The van der Waals surface area contributed by atoms with Crippen LogP contribution in [0.4, 0.5) is 0 Å². The predicted octanol–water partition coefficient (Wildman–Crippen LogP) is 4.12. The van der Waals surface area contributed by atoms with E-state index in [-0.39, 0.29) is 11.5 Å². The molecule has 1 aliphatic rings. The molecule has 0 aliphatic heterocycles. The summed E-state index contributed by atoms with van der Waals surface area (Å²) in [5.41, 5.74) is 1.06. The van der Waals surface area contributed by atoms with Gasteiger partial charge >= 0.3 is 0 Å². The minimum absolute atomic E-state index is 0.121. The molecular formula is C17H27NO2. The molecule has 2 unspecified atom stereocenters. The first kappa shape index (κ1) is 15.3. The van der Waals surface area contributed by atoms with Gasteiger partial charge in [0, 0.05) is 11.8 Å². The zero-order chi connectivity index (χ0) is 14.8. The quantitative estimate of drug-likeness (QED) is 0.900. The summed E-state index contributed by atoms with van der Waals surface area (Å²) < 4.78 is 5.67. The predicted molar refractivity (Wildman–Crippen MR) is 80.7 cm³/mol. The van der Waals surface area contributed by atoms with E-state index in [0.29, 0.717) is 5.92 Å².